The van der Waals surface area contributed by atoms with Gasteiger partial charge in [0.25, 0.3) is 0 Å². The topological polar surface area (TPSA) is 41.1 Å². The third-order valence-electron chi connectivity index (χ3n) is 4.23. The first-order valence-electron chi connectivity index (χ1n) is 7.66. The second kappa shape index (κ2) is 8.80. The van der Waals surface area contributed by atoms with Gasteiger partial charge in [-0.15, -0.1) is 24.2 Å². The molecule has 0 aliphatic carbocycles. The van der Waals surface area contributed by atoms with Gasteiger partial charge in [0.2, 0.25) is 5.91 Å². The lowest BCUT2D eigenvalue weighted by molar-refractivity contribution is -0.119. The van der Waals surface area contributed by atoms with E-state index >= 15 is 0 Å². The van der Waals surface area contributed by atoms with Gasteiger partial charge in [-0.05, 0) is 56.8 Å². The van der Waals surface area contributed by atoms with E-state index < -0.39 is 0 Å². The highest BCUT2D eigenvalue weighted by Gasteiger charge is 2.26. The number of rotatable bonds is 5. The summed E-state index contributed by atoms with van der Waals surface area (Å²) in [6.45, 7) is 9.36. The lowest BCUT2D eigenvalue weighted by Crippen LogP contribution is -2.43. The van der Waals surface area contributed by atoms with E-state index in [4.69, 9.17) is 0 Å². The Morgan fingerprint density at radius 2 is 2.00 bits per heavy atom. The zero-order chi connectivity index (χ0) is 15.3. The van der Waals surface area contributed by atoms with Crippen LogP contribution in [0.2, 0.25) is 0 Å². The van der Waals surface area contributed by atoms with Crippen molar-refractivity contribution in [2.45, 2.75) is 38.5 Å². The summed E-state index contributed by atoms with van der Waals surface area (Å²) in [6.07, 6.45) is 2.27. The average Bonchev–Trinajstić information content (AvgIpc) is 2.47. The Labute approximate surface area is 144 Å². The van der Waals surface area contributed by atoms with Crippen molar-refractivity contribution in [1.29, 1.82) is 0 Å². The molecular weight excluding hydrogens is 316 g/mol. The fourth-order valence-electron chi connectivity index (χ4n) is 2.58. The number of nitrogens with one attached hydrogen (secondary N) is 2. The number of thioether (sulfide) groups is 1. The molecule has 3 nitrogen and oxygen atoms in total. The molecule has 124 valence electrons. The van der Waals surface area contributed by atoms with Crippen molar-refractivity contribution >= 4 is 30.1 Å². The third kappa shape index (κ3) is 5.82. The van der Waals surface area contributed by atoms with E-state index in [0.717, 1.165) is 32.5 Å². The number of benzene rings is 1. The van der Waals surface area contributed by atoms with E-state index in [1.165, 1.54) is 16.0 Å². The van der Waals surface area contributed by atoms with Crippen LogP contribution in [0.4, 0.5) is 0 Å². The van der Waals surface area contributed by atoms with Crippen molar-refractivity contribution in [2.75, 3.05) is 25.4 Å². The van der Waals surface area contributed by atoms with Crippen molar-refractivity contribution < 1.29 is 4.79 Å². The van der Waals surface area contributed by atoms with Gasteiger partial charge in [0.1, 0.15) is 0 Å². The number of carbonyl (C=O) groups is 1. The van der Waals surface area contributed by atoms with Crippen molar-refractivity contribution in [3.8, 4) is 0 Å². The molecule has 1 fully saturated rings. The molecule has 1 aliphatic heterocycles. The molecule has 0 saturated carbocycles. The molecule has 22 heavy (non-hydrogen) atoms. The Morgan fingerprint density at radius 1 is 1.32 bits per heavy atom. The molecule has 1 aromatic carbocycles. The number of halogens is 1. The molecule has 1 heterocycles. The maximum atomic E-state index is 12.0. The average molecular weight is 343 g/mol. The molecule has 5 heteroatoms. The minimum Gasteiger partial charge on any atom is -0.355 e. The fourth-order valence-corrected chi connectivity index (χ4v) is 3.53. The van der Waals surface area contributed by atoms with E-state index in [0.29, 0.717) is 5.75 Å². The molecule has 2 N–H and O–H groups in total. The van der Waals surface area contributed by atoms with Crippen LogP contribution in [0.5, 0.6) is 0 Å². The van der Waals surface area contributed by atoms with Crippen LogP contribution in [0, 0.1) is 19.3 Å². The molecule has 0 atom stereocenters. The Hall–Kier alpha value is -0.710. The fraction of sp³-hybridized carbons (Fsp3) is 0.588. The third-order valence-corrected chi connectivity index (χ3v) is 5.38. The van der Waals surface area contributed by atoms with E-state index in [1.807, 2.05) is 0 Å². The number of carbonyl (C=O) groups excluding carboxylic acids is 1. The summed E-state index contributed by atoms with van der Waals surface area (Å²) < 4.78 is 0. The lowest BCUT2D eigenvalue weighted by atomic mass is 9.81. The van der Waals surface area contributed by atoms with Gasteiger partial charge in [0.05, 0.1) is 5.75 Å². The molecule has 1 aromatic rings. The summed E-state index contributed by atoms with van der Waals surface area (Å²) in [5.74, 6) is 0.638. The number of aryl methyl sites for hydroxylation is 2. The van der Waals surface area contributed by atoms with Gasteiger partial charge in [0.15, 0.2) is 0 Å². The van der Waals surface area contributed by atoms with Crippen molar-refractivity contribution in [2.24, 2.45) is 5.41 Å². The maximum Gasteiger partial charge on any atom is 0.230 e. The van der Waals surface area contributed by atoms with Crippen LogP contribution in [-0.2, 0) is 4.79 Å². The zero-order valence-corrected chi connectivity index (χ0v) is 15.3. The van der Waals surface area contributed by atoms with E-state index in [9.17, 15) is 4.79 Å². The Bertz CT molecular complexity index is 501. The molecule has 0 aromatic heterocycles. The first-order valence-corrected chi connectivity index (χ1v) is 8.65. The zero-order valence-electron chi connectivity index (χ0n) is 13.7. The molecule has 0 unspecified atom stereocenters. The predicted octanol–water partition coefficient (Wildman–Crippen LogP) is 3.32. The first-order chi connectivity index (χ1) is 9.98. The second-order valence-electron chi connectivity index (χ2n) is 6.40. The van der Waals surface area contributed by atoms with E-state index in [2.05, 4.69) is 49.6 Å². The molecule has 0 spiro atoms. The molecule has 1 aliphatic rings. The van der Waals surface area contributed by atoms with Crippen LogP contribution in [0.3, 0.4) is 0 Å². The number of amides is 1. The molecule has 0 radical (unpaired) electrons. The minimum absolute atomic E-state index is 0. The maximum absolute atomic E-state index is 12.0. The van der Waals surface area contributed by atoms with Crippen LogP contribution in [-0.4, -0.2) is 31.3 Å². The normalized spacial score (nSPS) is 16.7. The quantitative estimate of drug-likeness (QED) is 0.806. The summed E-state index contributed by atoms with van der Waals surface area (Å²) in [5.41, 5.74) is 2.74. The Kier molecular flexibility index (Phi) is 7.74. The Balaban J connectivity index is 0.00000242. The van der Waals surface area contributed by atoms with Gasteiger partial charge in [-0.1, -0.05) is 24.6 Å². The molecule has 2 rings (SSSR count). The van der Waals surface area contributed by atoms with Crippen molar-refractivity contribution in [3.05, 3.63) is 29.3 Å². The number of piperidine rings is 1. The van der Waals surface area contributed by atoms with Gasteiger partial charge in [-0.3, -0.25) is 4.79 Å². The van der Waals surface area contributed by atoms with Crippen LogP contribution in [0.25, 0.3) is 0 Å². The van der Waals surface area contributed by atoms with E-state index in [1.54, 1.807) is 11.8 Å². The van der Waals surface area contributed by atoms with Gasteiger partial charge < -0.3 is 10.6 Å². The Morgan fingerprint density at radius 3 is 2.68 bits per heavy atom. The number of hydrogen-bond donors (Lipinski definition) is 2. The van der Waals surface area contributed by atoms with Gasteiger partial charge in [-0.25, -0.2) is 0 Å². The SMILES string of the molecule is Cc1ccc(C)c(SCC(=O)NCC2(C)CCNCC2)c1.Cl. The van der Waals surface area contributed by atoms with Crippen LogP contribution in [0.15, 0.2) is 23.1 Å². The van der Waals surface area contributed by atoms with Gasteiger partial charge in [0, 0.05) is 11.4 Å². The molecule has 1 saturated heterocycles. The lowest BCUT2D eigenvalue weighted by Gasteiger charge is -2.34. The summed E-state index contributed by atoms with van der Waals surface area (Å²) in [5, 5.41) is 6.48. The van der Waals surface area contributed by atoms with E-state index in [-0.39, 0.29) is 23.7 Å². The highest BCUT2D eigenvalue weighted by Crippen LogP contribution is 2.27. The van der Waals surface area contributed by atoms with Crippen LogP contribution >= 0.6 is 24.2 Å². The monoisotopic (exact) mass is 342 g/mol. The first kappa shape index (κ1) is 19.3. The van der Waals surface area contributed by atoms with Crippen molar-refractivity contribution in [3.63, 3.8) is 0 Å². The molecule has 0 bridgehead atoms. The second-order valence-corrected chi connectivity index (χ2v) is 7.41. The van der Waals surface area contributed by atoms with Crippen LogP contribution < -0.4 is 10.6 Å². The van der Waals surface area contributed by atoms with Crippen molar-refractivity contribution in [1.82, 2.24) is 10.6 Å². The van der Waals surface area contributed by atoms with Crippen LogP contribution in [0.1, 0.15) is 30.9 Å². The standard InChI is InChI=1S/C17H26N2OS.ClH/c1-13-4-5-14(2)15(10-13)21-11-16(20)19-12-17(3)6-8-18-9-7-17;/h4-5,10,18H,6-9,11-12H2,1-3H3,(H,19,20);1H. The predicted molar refractivity (Wildman–Crippen MR) is 97.1 cm³/mol. The smallest absolute Gasteiger partial charge is 0.230 e. The largest absolute Gasteiger partial charge is 0.355 e. The summed E-state index contributed by atoms with van der Waals surface area (Å²) in [6, 6.07) is 6.38. The number of hydrogen-bond acceptors (Lipinski definition) is 3. The molecule has 1 amide bonds. The summed E-state index contributed by atoms with van der Waals surface area (Å²) in [4.78, 5) is 13.3. The summed E-state index contributed by atoms with van der Waals surface area (Å²) in [7, 11) is 0. The highest BCUT2D eigenvalue weighted by atomic mass is 35.5. The summed E-state index contributed by atoms with van der Waals surface area (Å²) >= 11 is 1.63. The van der Waals surface area contributed by atoms with Gasteiger partial charge in [-0.2, -0.15) is 0 Å². The minimum atomic E-state index is 0. The molecular formula is C17H27ClN2OS. The highest BCUT2D eigenvalue weighted by molar-refractivity contribution is 8.00. The van der Waals surface area contributed by atoms with Gasteiger partial charge >= 0.3 is 0 Å².